The summed E-state index contributed by atoms with van der Waals surface area (Å²) in [6, 6.07) is 8.19. The standard InChI is InChI=1S/C16H13ClN2O4S/c1-10-7-19-14(20)6-11(18-16(19)24-10)8-23-15(21)9-22-13-5-3-2-4-12(13)17/h2-7H,8-9H2,1H3. The Bertz CT molecular complexity index is 951. The minimum Gasteiger partial charge on any atom is -0.480 e. The molecule has 0 atom stereocenters. The summed E-state index contributed by atoms with van der Waals surface area (Å²) in [6.45, 7) is 1.53. The van der Waals surface area contributed by atoms with Crippen LogP contribution >= 0.6 is 22.9 Å². The number of aryl methyl sites for hydroxylation is 1. The topological polar surface area (TPSA) is 69.9 Å². The quantitative estimate of drug-likeness (QED) is 0.651. The zero-order valence-electron chi connectivity index (χ0n) is 12.7. The third-order valence-electron chi connectivity index (χ3n) is 3.10. The van der Waals surface area contributed by atoms with E-state index in [0.29, 0.717) is 21.4 Å². The summed E-state index contributed by atoms with van der Waals surface area (Å²) < 4.78 is 11.8. The van der Waals surface area contributed by atoms with Crippen molar-refractivity contribution >= 4 is 33.9 Å². The van der Waals surface area contributed by atoms with Gasteiger partial charge in [0.25, 0.3) is 5.56 Å². The van der Waals surface area contributed by atoms with Gasteiger partial charge in [0.2, 0.25) is 0 Å². The first-order valence-corrected chi connectivity index (χ1v) is 8.24. The smallest absolute Gasteiger partial charge is 0.344 e. The fourth-order valence-corrected chi connectivity index (χ4v) is 3.07. The minimum atomic E-state index is -0.570. The summed E-state index contributed by atoms with van der Waals surface area (Å²) in [7, 11) is 0. The van der Waals surface area contributed by atoms with Crippen LogP contribution in [0.15, 0.2) is 41.3 Å². The van der Waals surface area contributed by atoms with Crippen LogP contribution in [0, 0.1) is 6.92 Å². The number of esters is 1. The maximum absolute atomic E-state index is 12.0. The van der Waals surface area contributed by atoms with Crippen LogP contribution in [0.5, 0.6) is 5.75 Å². The Kier molecular flexibility index (Phi) is 4.82. The molecule has 1 aromatic carbocycles. The molecule has 3 rings (SSSR count). The maximum Gasteiger partial charge on any atom is 0.344 e. The largest absolute Gasteiger partial charge is 0.480 e. The van der Waals surface area contributed by atoms with E-state index in [9.17, 15) is 9.59 Å². The van der Waals surface area contributed by atoms with E-state index in [4.69, 9.17) is 21.1 Å². The first kappa shape index (κ1) is 16.5. The number of nitrogens with zero attached hydrogens (tertiary/aromatic N) is 2. The van der Waals surface area contributed by atoms with Crippen LogP contribution in [-0.2, 0) is 16.1 Å². The van der Waals surface area contributed by atoms with E-state index in [1.165, 1.54) is 21.8 Å². The van der Waals surface area contributed by atoms with Crippen LogP contribution in [0.2, 0.25) is 5.02 Å². The lowest BCUT2D eigenvalue weighted by molar-refractivity contribution is -0.147. The van der Waals surface area contributed by atoms with E-state index in [2.05, 4.69) is 4.98 Å². The molecule has 0 aliphatic heterocycles. The predicted molar refractivity (Wildman–Crippen MR) is 90.8 cm³/mol. The van der Waals surface area contributed by atoms with E-state index in [-0.39, 0.29) is 18.8 Å². The van der Waals surface area contributed by atoms with Gasteiger partial charge in [-0.1, -0.05) is 23.7 Å². The van der Waals surface area contributed by atoms with Gasteiger partial charge >= 0.3 is 5.97 Å². The monoisotopic (exact) mass is 364 g/mol. The lowest BCUT2D eigenvalue weighted by Gasteiger charge is -2.08. The number of para-hydroxylation sites is 1. The Morgan fingerprint density at radius 2 is 2.17 bits per heavy atom. The van der Waals surface area contributed by atoms with E-state index < -0.39 is 5.97 Å². The number of hydrogen-bond donors (Lipinski definition) is 0. The van der Waals surface area contributed by atoms with Gasteiger partial charge in [0.1, 0.15) is 12.4 Å². The number of carbonyl (C=O) groups is 1. The van der Waals surface area contributed by atoms with Gasteiger partial charge in [-0.15, -0.1) is 11.3 Å². The molecule has 0 aliphatic rings. The van der Waals surface area contributed by atoms with Crippen molar-refractivity contribution in [2.24, 2.45) is 0 Å². The second-order valence-corrected chi connectivity index (χ2v) is 6.58. The van der Waals surface area contributed by atoms with Crippen molar-refractivity contribution in [2.45, 2.75) is 13.5 Å². The highest BCUT2D eigenvalue weighted by Crippen LogP contribution is 2.22. The summed E-state index contributed by atoms with van der Waals surface area (Å²) >= 11 is 7.33. The molecule has 0 amide bonds. The van der Waals surface area contributed by atoms with Crippen molar-refractivity contribution in [1.82, 2.24) is 9.38 Å². The molecule has 2 heterocycles. The summed E-state index contributed by atoms with van der Waals surface area (Å²) in [5.41, 5.74) is 0.190. The van der Waals surface area contributed by atoms with E-state index >= 15 is 0 Å². The molecule has 0 spiro atoms. The van der Waals surface area contributed by atoms with Gasteiger partial charge in [-0.3, -0.25) is 9.20 Å². The summed E-state index contributed by atoms with van der Waals surface area (Å²) in [4.78, 5) is 29.6. The van der Waals surface area contributed by atoms with Crippen molar-refractivity contribution in [2.75, 3.05) is 6.61 Å². The SMILES string of the molecule is Cc1cn2c(=O)cc(COC(=O)COc3ccccc3Cl)nc2s1. The fraction of sp³-hybridized carbons (Fsp3) is 0.188. The second kappa shape index (κ2) is 7.02. The van der Waals surface area contributed by atoms with Crippen LogP contribution < -0.4 is 10.3 Å². The fourth-order valence-electron chi connectivity index (χ4n) is 2.03. The lowest BCUT2D eigenvalue weighted by Crippen LogP contribution is -2.17. The van der Waals surface area contributed by atoms with Crippen molar-refractivity contribution in [3.8, 4) is 5.75 Å². The van der Waals surface area contributed by atoms with E-state index in [1.54, 1.807) is 30.5 Å². The van der Waals surface area contributed by atoms with Crippen LogP contribution in [0.3, 0.4) is 0 Å². The molecule has 0 unspecified atom stereocenters. The molecule has 0 saturated carbocycles. The summed E-state index contributed by atoms with van der Waals surface area (Å²) in [5.74, 6) is -0.165. The van der Waals surface area contributed by atoms with Crippen LogP contribution in [0.25, 0.3) is 4.96 Å². The first-order valence-electron chi connectivity index (χ1n) is 7.04. The Labute approximate surface area is 146 Å². The minimum absolute atomic E-state index is 0.0899. The lowest BCUT2D eigenvalue weighted by atomic mass is 10.3. The average Bonchev–Trinajstić information content (AvgIpc) is 2.93. The van der Waals surface area contributed by atoms with Gasteiger partial charge in [0.15, 0.2) is 11.6 Å². The van der Waals surface area contributed by atoms with Gasteiger partial charge in [-0.25, -0.2) is 9.78 Å². The van der Waals surface area contributed by atoms with Gasteiger partial charge < -0.3 is 9.47 Å². The average molecular weight is 365 g/mol. The number of benzene rings is 1. The number of fused-ring (bicyclic) bond motifs is 1. The number of thiazole rings is 1. The van der Waals surface area contributed by atoms with Gasteiger partial charge in [-0.2, -0.15) is 0 Å². The molecule has 0 bridgehead atoms. The Morgan fingerprint density at radius 3 is 2.96 bits per heavy atom. The van der Waals surface area contributed by atoms with Crippen molar-refractivity contribution < 1.29 is 14.3 Å². The highest BCUT2D eigenvalue weighted by atomic mass is 35.5. The summed E-state index contributed by atoms with van der Waals surface area (Å²) in [6.07, 6.45) is 1.72. The van der Waals surface area contributed by atoms with E-state index in [1.807, 2.05) is 6.92 Å². The Morgan fingerprint density at radius 1 is 1.38 bits per heavy atom. The normalized spacial score (nSPS) is 10.8. The number of hydrogen-bond acceptors (Lipinski definition) is 6. The van der Waals surface area contributed by atoms with Gasteiger partial charge in [0, 0.05) is 17.1 Å². The zero-order chi connectivity index (χ0) is 17.1. The van der Waals surface area contributed by atoms with Crippen molar-refractivity contribution in [3.63, 3.8) is 0 Å². The summed E-state index contributed by atoms with van der Waals surface area (Å²) in [5, 5.41) is 0.415. The van der Waals surface area contributed by atoms with Crippen LogP contribution in [0.1, 0.15) is 10.6 Å². The third kappa shape index (κ3) is 3.74. The molecular formula is C16H13ClN2O4S. The van der Waals surface area contributed by atoms with Crippen molar-refractivity contribution in [1.29, 1.82) is 0 Å². The van der Waals surface area contributed by atoms with Gasteiger partial charge in [0.05, 0.1) is 10.7 Å². The van der Waals surface area contributed by atoms with Gasteiger partial charge in [-0.05, 0) is 19.1 Å². The predicted octanol–water partition coefficient (Wildman–Crippen LogP) is 2.84. The molecule has 0 saturated heterocycles. The number of halogens is 1. The van der Waals surface area contributed by atoms with E-state index in [0.717, 1.165) is 4.88 Å². The molecule has 0 N–H and O–H groups in total. The molecule has 0 aliphatic carbocycles. The maximum atomic E-state index is 12.0. The van der Waals surface area contributed by atoms with Crippen molar-refractivity contribution in [3.05, 3.63) is 62.5 Å². The number of aromatic nitrogens is 2. The first-order chi connectivity index (χ1) is 11.5. The molecule has 6 nitrogen and oxygen atoms in total. The Balaban J connectivity index is 1.60. The molecule has 124 valence electrons. The second-order valence-electron chi connectivity index (χ2n) is 4.96. The molecule has 2 aromatic heterocycles. The molecular weight excluding hydrogens is 352 g/mol. The molecule has 8 heteroatoms. The number of ether oxygens (including phenoxy) is 2. The molecule has 0 fully saturated rings. The molecule has 0 radical (unpaired) electrons. The zero-order valence-corrected chi connectivity index (χ0v) is 14.3. The van der Waals surface area contributed by atoms with Crippen LogP contribution in [-0.4, -0.2) is 22.0 Å². The molecule has 24 heavy (non-hydrogen) atoms. The Hall–Kier alpha value is -2.38. The highest BCUT2D eigenvalue weighted by Gasteiger charge is 2.10. The number of carbonyl (C=O) groups excluding carboxylic acids is 1. The molecule has 3 aromatic rings. The third-order valence-corrected chi connectivity index (χ3v) is 4.31. The number of rotatable bonds is 5. The highest BCUT2D eigenvalue weighted by molar-refractivity contribution is 7.16. The van der Waals surface area contributed by atoms with Crippen LogP contribution in [0.4, 0.5) is 0 Å².